The van der Waals surface area contributed by atoms with Crippen LogP contribution in [0.15, 0.2) is 18.2 Å². The number of hydrogen-bond acceptors (Lipinski definition) is 3. The summed E-state index contributed by atoms with van der Waals surface area (Å²) in [7, 11) is 3.38. The molecule has 0 radical (unpaired) electrons. The number of fused-ring (bicyclic) bond motifs is 1. The Kier molecular flexibility index (Phi) is 3.65. The second kappa shape index (κ2) is 5.21. The first-order valence-electron chi connectivity index (χ1n) is 6.07. The molecule has 4 heteroatoms. The Morgan fingerprint density at radius 3 is 2.83 bits per heavy atom. The molecular formula is C14H17NO3. The Labute approximate surface area is 107 Å². The fourth-order valence-corrected chi connectivity index (χ4v) is 1.99. The van der Waals surface area contributed by atoms with Crippen molar-refractivity contribution in [3.63, 3.8) is 0 Å². The van der Waals surface area contributed by atoms with Crippen LogP contribution < -0.4 is 4.74 Å². The van der Waals surface area contributed by atoms with E-state index in [1.54, 1.807) is 26.2 Å². The van der Waals surface area contributed by atoms with E-state index in [0.29, 0.717) is 12.2 Å². The Balaban J connectivity index is 2.07. The highest BCUT2D eigenvalue weighted by Gasteiger charge is 2.17. The van der Waals surface area contributed by atoms with E-state index in [4.69, 9.17) is 4.74 Å². The van der Waals surface area contributed by atoms with Crippen molar-refractivity contribution < 1.29 is 14.3 Å². The maximum Gasteiger partial charge on any atom is 0.259 e. The van der Waals surface area contributed by atoms with Crippen LogP contribution in [-0.2, 0) is 11.2 Å². The lowest BCUT2D eigenvalue weighted by Crippen LogP contribution is -2.27. The van der Waals surface area contributed by atoms with Gasteiger partial charge in [0.05, 0.1) is 0 Å². The van der Waals surface area contributed by atoms with Crippen molar-refractivity contribution in [3.05, 3.63) is 29.3 Å². The molecule has 0 aromatic heterocycles. The van der Waals surface area contributed by atoms with Crippen molar-refractivity contribution >= 4 is 11.7 Å². The molecule has 0 spiro atoms. The molecule has 0 aliphatic heterocycles. The normalized spacial score (nSPS) is 14.0. The minimum Gasteiger partial charge on any atom is -0.484 e. The SMILES string of the molecule is CN(C)C(=O)COc1ccc2c(c1)CCCC2=O. The molecule has 18 heavy (non-hydrogen) atoms. The quantitative estimate of drug-likeness (QED) is 0.816. The highest BCUT2D eigenvalue weighted by Crippen LogP contribution is 2.25. The molecule has 0 heterocycles. The third kappa shape index (κ3) is 2.70. The highest BCUT2D eigenvalue weighted by molar-refractivity contribution is 5.98. The van der Waals surface area contributed by atoms with Crippen LogP contribution in [0.25, 0.3) is 0 Å². The van der Waals surface area contributed by atoms with E-state index >= 15 is 0 Å². The van der Waals surface area contributed by atoms with Gasteiger partial charge in [0.2, 0.25) is 0 Å². The predicted molar refractivity (Wildman–Crippen MR) is 67.9 cm³/mol. The van der Waals surface area contributed by atoms with Gasteiger partial charge in [0.25, 0.3) is 5.91 Å². The molecule has 1 amide bonds. The first-order valence-corrected chi connectivity index (χ1v) is 6.07. The number of ether oxygens (including phenoxy) is 1. The van der Waals surface area contributed by atoms with Gasteiger partial charge in [0.15, 0.2) is 12.4 Å². The molecule has 96 valence electrons. The Bertz CT molecular complexity index is 480. The van der Waals surface area contributed by atoms with E-state index in [9.17, 15) is 9.59 Å². The number of ketones is 1. The van der Waals surface area contributed by atoms with E-state index in [0.717, 1.165) is 24.0 Å². The summed E-state index contributed by atoms with van der Waals surface area (Å²) in [4.78, 5) is 24.5. The zero-order valence-corrected chi connectivity index (χ0v) is 10.7. The summed E-state index contributed by atoms with van der Waals surface area (Å²) in [5.41, 5.74) is 1.83. The summed E-state index contributed by atoms with van der Waals surface area (Å²) >= 11 is 0. The lowest BCUT2D eigenvalue weighted by Gasteiger charge is -2.16. The van der Waals surface area contributed by atoms with Gasteiger partial charge in [-0.2, -0.15) is 0 Å². The minimum atomic E-state index is -0.0798. The first kappa shape index (κ1) is 12.6. The van der Waals surface area contributed by atoms with Crippen LogP contribution in [0.1, 0.15) is 28.8 Å². The van der Waals surface area contributed by atoms with Crippen molar-refractivity contribution in [2.24, 2.45) is 0 Å². The number of aryl methyl sites for hydroxylation is 1. The van der Waals surface area contributed by atoms with Crippen LogP contribution in [-0.4, -0.2) is 37.3 Å². The minimum absolute atomic E-state index is 0.0275. The average molecular weight is 247 g/mol. The standard InChI is InChI=1S/C14H17NO3/c1-15(2)14(17)9-18-11-6-7-12-10(8-11)4-3-5-13(12)16/h6-8H,3-5,9H2,1-2H3. The molecule has 0 saturated heterocycles. The molecule has 1 aromatic rings. The number of carbonyl (C=O) groups excluding carboxylic acids is 2. The van der Waals surface area contributed by atoms with Crippen LogP contribution in [0, 0.1) is 0 Å². The summed E-state index contributed by atoms with van der Waals surface area (Å²) in [6, 6.07) is 5.42. The van der Waals surface area contributed by atoms with Crippen LogP contribution in [0.5, 0.6) is 5.75 Å². The van der Waals surface area contributed by atoms with E-state index < -0.39 is 0 Å². The van der Waals surface area contributed by atoms with Gasteiger partial charge >= 0.3 is 0 Å². The number of hydrogen-bond donors (Lipinski definition) is 0. The fourth-order valence-electron chi connectivity index (χ4n) is 1.99. The molecule has 0 unspecified atom stereocenters. The third-order valence-corrected chi connectivity index (χ3v) is 3.09. The number of likely N-dealkylation sites (N-methyl/N-ethyl adjacent to an activating group) is 1. The Hall–Kier alpha value is -1.84. The number of nitrogens with zero attached hydrogens (tertiary/aromatic N) is 1. The zero-order chi connectivity index (χ0) is 13.1. The molecule has 1 aromatic carbocycles. The van der Waals surface area contributed by atoms with Crippen molar-refractivity contribution in [1.82, 2.24) is 4.90 Å². The predicted octanol–water partition coefficient (Wildman–Crippen LogP) is 1.67. The van der Waals surface area contributed by atoms with E-state index in [-0.39, 0.29) is 18.3 Å². The van der Waals surface area contributed by atoms with Crippen molar-refractivity contribution in [2.75, 3.05) is 20.7 Å². The summed E-state index contributed by atoms with van der Waals surface area (Å²) in [6.45, 7) is 0.0275. The van der Waals surface area contributed by atoms with E-state index in [2.05, 4.69) is 0 Å². The number of benzene rings is 1. The summed E-state index contributed by atoms with van der Waals surface area (Å²) in [5, 5.41) is 0. The lowest BCUT2D eigenvalue weighted by molar-refractivity contribution is -0.130. The van der Waals surface area contributed by atoms with Crippen LogP contribution in [0.2, 0.25) is 0 Å². The first-order chi connectivity index (χ1) is 8.58. The van der Waals surface area contributed by atoms with Crippen molar-refractivity contribution in [3.8, 4) is 5.75 Å². The van der Waals surface area contributed by atoms with E-state index in [1.807, 2.05) is 6.07 Å². The van der Waals surface area contributed by atoms with Gasteiger partial charge in [-0.3, -0.25) is 9.59 Å². The maximum absolute atomic E-state index is 11.7. The van der Waals surface area contributed by atoms with Gasteiger partial charge < -0.3 is 9.64 Å². The lowest BCUT2D eigenvalue weighted by atomic mass is 9.91. The smallest absolute Gasteiger partial charge is 0.259 e. The van der Waals surface area contributed by atoms with E-state index in [1.165, 1.54) is 4.90 Å². The second-order valence-corrected chi connectivity index (χ2v) is 4.67. The molecule has 0 N–H and O–H groups in total. The number of amides is 1. The molecule has 0 fully saturated rings. The van der Waals surface area contributed by atoms with Gasteiger partial charge in [-0.05, 0) is 36.6 Å². The number of carbonyl (C=O) groups is 2. The molecule has 4 nitrogen and oxygen atoms in total. The van der Waals surface area contributed by atoms with Crippen molar-refractivity contribution in [2.45, 2.75) is 19.3 Å². The fraction of sp³-hybridized carbons (Fsp3) is 0.429. The van der Waals surface area contributed by atoms with Gasteiger partial charge in [0, 0.05) is 26.1 Å². The monoisotopic (exact) mass is 247 g/mol. The molecule has 1 aliphatic rings. The summed E-state index contributed by atoms with van der Waals surface area (Å²) < 4.78 is 5.43. The van der Waals surface area contributed by atoms with Crippen molar-refractivity contribution in [1.29, 1.82) is 0 Å². The van der Waals surface area contributed by atoms with Gasteiger partial charge in [-0.1, -0.05) is 0 Å². The van der Waals surface area contributed by atoms with Gasteiger partial charge in [-0.25, -0.2) is 0 Å². The topological polar surface area (TPSA) is 46.6 Å². The Morgan fingerprint density at radius 1 is 1.33 bits per heavy atom. The zero-order valence-electron chi connectivity index (χ0n) is 10.7. The molecular weight excluding hydrogens is 230 g/mol. The molecule has 2 rings (SSSR count). The van der Waals surface area contributed by atoms with Crippen LogP contribution in [0.4, 0.5) is 0 Å². The van der Waals surface area contributed by atoms with Gasteiger partial charge in [-0.15, -0.1) is 0 Å². The summed E-state index contributed by atoms with van der Waals surface area (Å²) in [6.07, 6.45) is 2.43. The van der Waals surface area contributed by atoms with Gasteiger partial charge in [0.1, 0.15) is 5.75 Å². The largest absolute Gasteiger partial charge is 0.484 e. The molecule has 0 bridgehead atoms. The van der Waals surface area contributed by atoms with Crippen LogP contribution >= 0.6 is 0 Å². The number of rotatable bonds is 3. The molecule has 0 saturated carbocycles. The Morgan fingerprint density at radius 2 is 2.11 bits per heavy atom. The van der Waals surface area contributed by atoms with Crippen LogP contribution in [0.3, 0.4) is 0 Å². The molecule has 0 atom stereocenters. The third-order valence-electron chi connectivity index (χ3n) is 3.09. The highest BCUT2D eigenvalue weighted by atomic mass is 16.5. The molecule has 1 aliphatic carbocycles. The second-order valence-electron chi connectivity index (χ2n) is 4.67. The summed E-state index contributed by atoms with van der Waals surface area (Å²) in [5.74, 6) is 0.773. The average Bonchev–Trinajstić information content (AvgIpc) is 2.36. The maximum atomic E-state index is 11.7. The number of Topliss-reactive ketones (excluding diaryl/α,β-unsaturated/α-hetero) is 1.